The molecule has 0 spiro atoms. The van der Waals surface area contributed by atoms with Crippen molar-refractivity contribution >= 4 is 23.4 Å². The minimum absolute atomic E-state index is 0.0819. The van der Waals surface area contributed by atoms with Crippen molar-refractivity contribution in [2.45, 2.75) is 38.5 Å². The number of aromatic nitrogens is 2. The number of rotatable bonds is 4. The molecule has 0 unspecified atom stereocenters. The first-order valence-corrected chi connectivity index (χ1v) is 8.40. The number of halogens is 1. The molecule has 2 atom stereocenters. The number of benzene rings is 1. The van der Waals surface area contributed by atoms with E-state index in [4.69, 9.17) is 16.3 Å². The molecule has 2 heterocycles. The summed E-state index contributed by atoms with van der Waals surface area (Å²) < 4.78 is 7.55. The van der Waals surface area contributed by atoms with Crippen molar-refractivity contribution in [1.82, 2.24) is 15.1 Å². The Labute approximate surface area is 146 Å². The van der Waals surface area contributed by atoms with Crippen LogP contribution in [0.25, 0.3) is 0 Å². The number of carbonyl (C=O) groups is 1. The van der Waals surface area contributed by atoms with E-state index >= 15 is 0 Å². The Balaban J connectivity index is 1.65. The summed E-state index contributed by atoms with van der Waals surface area (Å²) in [6.45, 7) is 4.64. The second-order valence-electron chi connectivity index (χ2n) is 6.09. The highest BCUT2D eigenvalue weighted by Gasteiger charge is 2.31. The molecule has 1 saturated heterocycles. The van der Waals surface area contributed by atoms with Crippen LogP contribution in [0, 0.1) is 0 Å². The second kappa shape index (κ2) is 7.23. The molecule has 1 fully saturated rings. The highest BCUT2D eigenvalue weighted by atomic mass is 35.5. The molecule has 2 N–H and O–H groups in total. The van der Waals surface area contributed by atoms with Crippen LogP contribution in [-0.2, 0) is 4.74 Å². The lowest BCUT2D eigenvalue weighted by Gasteiger charge is -2.21. The van der Waals surface area contributed by atoms with Crippen LogP contribution < -0.4 is 10.6 Å². The zero-order chi connectivity index (χ0) is 17.1. The number of carbonyl (C=O) groups excluding carboxylic acids is 1. The lowest BCUT2D eigenvalue weighted by Crippen LogP contribution is -2.40. The number of hydrogen-bond acceptors (Lipinski definition) is 3. The van der Waals surface area contributed by atoms with Gasteiger partial charge in [0.05, 0.1) is 12.2 Å². The van der Waals surface area contributed by atoms with Crippen molar-refractivity contribution in [1.29, 1.82) is 0 Å². The molecule has 0 aliphatic carbocycles. The Morgan fingerprint density at radius 3 is 2.79 bits per heavy atom. The normalized spacial score (nSPS) is 20.3. The average Bonchev–Trinajstić information content (AvgIpc) is 3.17. The van der Waals surface area contributed by atoms with E-state index in [9.17, 15) is 4.79 Å². The second-order valence-corrected chi connectivity index (χ2v) is 6.53. The van der Waals surface area contributed by atoms with Crippen LogP contribution in [0.5, 0.6) is 0 Å². The van der Waals surface area contributed by atoms with Crippen LogP contribution in [0.2, 0.25) is 5.02 Å². The van der Waals surface area contributed by atoms with Crippen LogP contribution in [0.15, 0.2) is 36.5 Å². The molecule has 0 saturated carbocycles. The Bertz CT molecular complexity index is 699. The summed E-state index contributed by atoms with van der Waals surface area (Å²) in [5, 5.41) is 10.7. The molecule has 1 aliphatic rings. The summed E-state index contributed by atoms with van der Waals surface area (Å²) in [6, 6.07) is 9.13. The molecule has 1 aliphatic heterocycles. The minimum atomic E-state index is -0.258. The van der Waals surface area contributed by atoms with Gasteiger partial charge in [0, 0.05) is 23.7 Å². The highest BCUT2D eigenvalue weighted by Crippen LogP contribution is 2.30. The fourth-order valence-corrected chi connectivity index (χ4v) is 2.99. The average molecular weight is 349 g/mol. The molecule has 0 radical (unpaired) electrons. The molecule has 1 aromatic carbocycles. The third-order valence-electron chi connectivity index (χ3n) is 4.01. The maximum Gasteiger partial charge on any atom is 0.320 e. The van der Waals surface area contributed by atoms with E-state index in [1.54, 1.807) is 16.9 Å². The van der Waals surface area contributed by atoms with E-state index in [2.05, 4.69) is 15.7 Å². The van der Waals surface area contributed by atoms with Gasteiger partial charge in [-0.2, -0.15) is 5.10 Å². The van der Waals surface area contributed by atoms with Gasteiger partial charge in [-0.05, 0) is 38.0 Å². The Morgan fingerprint density at radius 2 is 2.08 bits per heavy atom. The van der Waals surface area contributed by atoms with Crippen molar-refractivity contribution < 1.29 is 9.53 Å². The van der Waals surface area contributed by atoms with Gasteiger partial charge < -0.3 is 10.1 Å². The van der Waals surface area contributed by atoms with Gasteiger partial charge in [-0.15, -0.1) is 0 Å². The zero-order valence-electron chi connectivity index (χ0n) is 13.7. The number of ether oxygens (including phenoxy) is 1. The molecule has 2 amide bonds. The monoisotopic (exact) mass is 348 g/mol. The molecule has 128 valence electrons. The fraction of sp³-hybridized carbons (Fsp3) is 0.412. The fourth-order valence-electron chi connectivity index (χ4n) is 2.86. The van der Waals surface area contributed by atoms with Crippen molar-refractivity contribution in [3.05, 3.63) is 47.1 Å². The van der Waals surface area contributed by atoms with E-state index in [0.717, 1.165) is 12.0 Å². The predicted octanol–water partition coefficient (Wildman–Crippen LogP) is 3.77. The molecular weight excluding hydrogens is 328 g/mol. The first-order chi connectivity index (χ1) is 11.5. The van der Waals surface area contributed by atoms with E-state index in [0.29, 0.717) is 17.4 Å². The summed E-state index contributed by atoms with van der Waals surface area (Å²) in [5.74, 6) is 0.671. The van der Waals surface area contributed by atoms with Crippen molar-refractivity contribution in [2.24, 2.45) is 0 Å². The maximum atomic E-state index is 12.3. The lowest BCUT2D eigenvalue weighted by molar-refractivity contribution is 0.100. The quantitative estimate of drug-likeness (QED) is 0.883. The lowest BCUT2D eigenvalue weighted by atomic mass is 10.0. The third-order valence-corrected chi connectivity index (χ3v) is 4.26. The molecule has 2 aromatic rings. The van der Waals surface area contributed by atoms with Crippen molar-refractivity contribution in [2.75, 3.05) is 11.9 Å². The van der Waals surface area contributed by atoms with Gasteiger partial charge in [-0.1, -0.05) is 23.7 Å². The Kier molecular flexibility index (Phi) is 5.06. The number of nitrogens with zero attached hydrogens (tertiary/aromatic N) is 2. The van der Waals surface area contributed by atoms with E-state index in [1.807, 2.05) is 38.1 Å². The molecule has 0 bridgehead atoms. The van der Waals surface area contributed by atoms with Gasteiger partial charge in [0.2, 0.25) is 0 Å². The summed E-state index contributed by atoms with van der Waals surface area (Å²) in [5.41, 5.74) is 1.01. The first-order valence-electron chi connectivity index (χ1n) is 8.02. The smallest absolute Gasteiger partial charge is 0.320 e. The number of hydrogen-bond donors (Lipinski definition) is 2. The summed E-state index contributed by atoms with van der Waals surface area (Å²) in [6.07, 6.45) is 2.28. The predicted molar refractivity (Wildman–Crippen MR) is 93.3 cm³/mol. The third kappa shape index (κ3) is 3.71. The van der Waals surface area contributed by atoms with Crippen molar-refractivity contribution in [3.63, 3.8) is 0 Å². The van der Waals surface area contributed by atoms with Gasteiger partial charge in [-0.25, -0.2) is 9.48 Å². The summed E-state index contributed by atoms with van der Waals surface area (Å²) in [7, 11) is 0. The Hall–Kier alpha value is -2.05. The molecule has 3 rings (SSSR count). The van der Waals surface area contributed by atoms with Crippen LogP contribution in [-0.4, -0.2) is 28.5 Å². The zero-order valence-corrected chi connectivity index (χ0v) is 14.5. The molecule has 6 nitrogen and oxygen atoms in total. The van der Waals surface area contributed by atoms with E-state index in [1.165, 1.54) is 0 Å². The van der Waals surface area contributed by atoms with Crippen LogP contribution in [0.1, 0.15) is 38.0 Å². The highest BCUT2D eigenvalue weighted by molar-refractivity contribution is 6.30. The summed E-state index contributed by atoms with van der Waals surface area (Å²) in [4.78, 5) is 12.3. The number of nitrogens with one attached hydrogen (secondary N) is 2. The molecule has 24 heavy (non-hydrogen) atoms. The number of urea groups is 1. The van der Waals surface area contributed by atoms with E-state index in [-0.39, 0.29) is 24.2 Å². The summed E-state index contributed by atoms with van der Waals surface area (Å²) >= 11 is 5.93. The first kappa shape index (κ1) is 16.8. The Morgan fingerprint density at radius 1 is 1.33 bits per heavy atom. The maximum absolute atomic E-state index is 12.3. The van der Waals surface area contributed by atoms with Gasteiger partial charge in [0.15, 0.2) is 0 Å². The topological polar surface area (TPSA) is 68.2 Å². The standard InChI is InChI=1S/C17H21ClN4O2/c1-11(2)22-15(7-9-19-22)21-17(23)20-14-8-10-24-16(14)12-3-5-13(18)6-4-12/h3-7,9,11,14,16H,8,10H2,1-2H3,(H2,20,21,23)/t14-,16-/m1/s1. The van der Waals surface area contributed by atoms with Gasteiger partial charge in [0.25, 0.3) is 0 Å². The van der Waals surface area contributed by atoms with Crippen LogP contribution >= 0.6 is 11.6 Å². The largest absolute Gasteiger partial charge is 0.371 e. The van der Waals surface area contributed by atoms with Crippen LogP contribution in [0.4, 0.5) is 10.6 Å². The van der Waals surface area contributed by atoms with Gasteiger partial charge in [0.1, 0.15) is 11.9 Å². The number of anilines is 1. The van der Waals surface area contributed by atoms with Gasteiger partial charge in [-0.3, -0.25) is 5.32 Å². The molecule has 1 aromatic heterocycles. The number of amides is 2. The minimum Gasteiger partial charge on any atom is -0.371 e. The van der Waals surface area contributed by atoms with E-state index < -0.39 is 0 Å². The van der Waals surface area contributed by atoms with Crippen molar-refractivity contribution in [3.8, 4) is 0 Å². The molecule has 7 heteroatoms. The van der Waals surface area contributed by atoms with Crippen LogP contribution in [0.3, 0.4) is 0 Å². The SMILES string of the molecule is CC(C)n1nccc1NC(=O)N[C@@H]1CCO[C@@H]1c1ccc(Cl)cc1. The van der Waals surface area contributed by atoms with Gasteiger partial charge >= 0.3 is 6.03 Å². The molecular formula is C17H21ClN4O2.